The van der Waals surface area contributed by atoms with Crippen molar-refractivity contribution in [1.82, 2.24) is 4.90 Å². The Kier molecular flexibility index (Phi) is 5.98. The number of imide groups is 1. The maximum atomic E-state index is 11.9. The van der Waals surface area contributed by atoms with E-state index in [4.69, 9.17) is 4.74 Å². The van der Waals surface area contributed by atoms with E-state index in [-0.39, 0.29) is 67.7 Å². The summed E-state index contributed by atoms with van der Waals surface area (Å²) in [7, 11) is 0. The van der Waals surface area contributed by atoms with Crippen LogP contribution in [0.5, 0.6) is 0 Å². The van der Waals surface area contributed by atoms with Crippen molar-refractivity contribution in [2.75, 3.05) is 26.4 Å². The molecule has 5 nitrogen and oxygen atoms in total. The second kappa shape index (κ2) is 7.01. The van der Waals surface area contributed by atoms with Crippen LogP contribution < -0.4 is 34.7 Å². The number of ether oxygens (including phenoxy) is 1. The molecule has 0 aromatic heterocycles. The Morgan fingerprint density at radius 2 is 1.61 bits per heavy atom. The summed E-state index contributed by atoms with van der Waals surface area (Å²) in [5.74, 6) is -0.590. The number of hydrogen-bond acceptors (Lipinski definition) is 4. The fraction of sp³-hybridized carbons (Fsp3) is 0.333. The first-order chi connectivity index (χ1) is 8.25. The standard InChI is InChI=1S/C12H12NO4.Na/c14-6-8-17-7-5-13-11(15)9-3-1-2-4-10(9)12(13)16;/h1-4H,5-8H2;/q-1;+1. The molecule has 0 radical (unpaired) electrons. The van der Waals surface area contributed by atoms with Crippen molar-refractivity contribution < 1.29 is 49.0 Å². The monoisotopic (exact) mass is 257 g/mol. The van der Waals surface area contributed by atoms with Crippen molar-refractivity contribution in [2.24, 2.45) is 0 Å². The first-order valence-electron chi connectivity index (χ1n) is 5.37. The summed E-state index contributed by atoms with van der Waals surface area (Å²) in [6.07, 6.45) is 0. The molecule has 0 aliphatic carbocycles. The number of nitrogens with zero attached hydrogens (tertiary/aromatic N) is 1. The average molecular weight is 257 g/mol. The van der Waals surface area contributed by atoms with Crippen LogP contribution in [0, 0.1) is 0 Å². The van der Waals surface area contributed by atoms with E-state index >= 15 is 0 Å². The van der Waals surface area contributed by atoms with Crippen LogP contribution in [0.1, 0.15) is 20.7 Å². The van der Waals surface area contributed by atoms with Gasteiger partial charge in [-0.1, -0.05) is 12.1 Å². The van der Waals surface area contributed by atoms with Crippen LogP contribution >= 0.6 is 0 Å². The van der Waals surface area contributed by atoms with Gasteiger partial charge in [0.05, 0.1) is 24.3 Å². The molecule has 2 amide bonds. The molecule has 1 aliphatic heterocycles. The molecule has 0 atom stereocenters. The topological polar surface area (TPSA) is 69.7 Å². The van der Waals surface area contributed by atoms with Gasteiger partial charge >= 0.3 is 29.6 Å². The maximum absolute atomic E-state index is 11.9. The molecule has 1 heterocycles. The molecule has 1 aromatic rings. The summed E-state index contributed by atoms with van der Waals surface area (Å²) >= 11 is 0. The zero-order valence-corrected chi connectivity index (χ0v) is 12.2. The number of carbonyl (C=O) groups is 2. The summed E-state index contributed by atoms with van der Waals surface area (Å²) in [5.41, 5.74) is 0.864. The van der Waals surface area contributed by atoms with Crippen LogP contribution in [0.3, 0.4) is 0 Å². The Labute approximate surface area is 127 Å². The maximum Gasteiger partial charge on any atom is 1.00 e. The second-order valence-corrected chi connectivity index (χ2v) is 3.62. The number of carbonyl (C=O) groups excluding carboxylic acids is 2. The fourth-order valence-corrected chi connectivity index (χ4v) is 1.76. The Morgan fingerprint density at radius 1 is 1.06 bits per heavy atom. The van der Waals surface area contributed by atoms with Crippen molar-refractivity contribution >= 4 is 11.8 Å². The molecule has 0 spiro atoms. The number of amides is 2. The summed E-state index contributed by atoms with van der Waals surface area (Å²) in [4.78, 5) is 24.9. The molecule has 0 saturated carbocycles. The second-order valence-electron chi connectivity index (χ2n) is 3.62. The normalized spacial score (nSPS) is 13.5. The third kappa shape index (κ3) is 2.99. The summed E-state index contributed by atoms with van der Waals surface area (Å²) < 4.78 is 4.98. The van der Waals surface area contributed by atoms with Gasteiger partial charge in [0.1, 0.15) is 0 Å². The van der Waals surface area contributed by atoms with Crippen molar-refractivity contribution in [1.29, 1.82) is 0 Å². The SMILES string of the molecule is O=C1c2ccccc2C(=O)N1CCOCC[O-].[Na+]. The summed E-state index contributed by atoms with van der Waals surface area (Å²) in [6.45, 7) is 0.172. The summed E-state index contributed by atoms with van der Waals surface area (Å²) in [6, 6.07) is 6.71. The number of hydrogen-bond donors (Lipinski definition) is 0. The van der Waals surface area contributed by atoms with E-state index in [9.17, 15) is 14.7 Å². The largest absolute Gasteiger partial charge is 1.00 e. The minimum absolute atomic E-state index is 0. The predicted octanol–water partition coefficient (Wildman–Crippen LogP) is -3.34. The number of benzene rings is 1. The molecule has 0 fully saturated rings. The van der Waals surface area contributed by atoms with E-state index in [1.54, 1.807) is 24.3 Å². The Hall–Kier alpha value is -0.720. The van der Waals surface area contributed by atoms with Crippen LogP contribution in [0.4, 0.5) is 0 Å². The van der Waals surface area contributed by atoms with Crippen molar-refractivity contribution in [3.63, 3.8) is 0 Å². The van der Waals surface area contributed by atoms with Gasteiger partial charge in [-0.15, -0.1) is 6.61 Å². The molecule has 90 valence electrons. The van der Waals surface area contributed by atoms with Crippen molar-refractivity contribution in [3.05, 3.63) is 35.4 Å². The van der Waals surface area contributed by atoms with E-state index in [1.165, 1.54) is 0 Å². The van der Waals surface area contributed by atoms with Crippen LogP contribution in [0.15, 0.2) is 24.3 Å². The zero-order chi connectivity index (χ0) is 12.3. The molecule has 0 N–H and O–H groups in total. The molecular weight excluding hydrogens is 245 g/mol. The molecule has 2 rings (SSSR count). The molecule has 18 heavy (non-hydrogen) atoms. The smallest absolute Gasteiger partial charge is 0.853 e. The van der Waals surface area contributed by atoms with Gasteiger partial charge in [-0.3, -0.25) is 14.5 Å². The summed E-state index contributed by atoms with van der Waals surface area (Å²) in [5, 5.41) is 10.2. The molecule has 1 aliphatic rings. The van der Waals surface area contributed by atoms with Crippen LogP contribution in [0.25, 0.3) is 0 Å². The van der Waals surface area contributed by atoms with Gasteiger partial charge < -0.3 is 9.84 Å². The third-order valence-electron chi connectivity index (χ3n) is 2.57. The Bertz CT molecular complexity index is 414. The fourth-order valence-electron chi connectivity index (χ4n) is 1.76. The number of rotatable bonds is 5. The first-order valence-corrected chi connectivity index (χ1v) is 5.37. The quantitative estimate of drug-likeness (QED) is 0.314. The molecule has 0 bridgehead atoms. The van der Waals surface area contributed by atoms with Gasteiger partial charge in [-0.2, -0.15) is 0 Å². The third-order valence-corrected chi connectivity index (χ3v) is 2.57. The predicted molar refractivity (Wildman–Crippen MR) is 57.5 cm³/mol. The molecular formula is C12H12NNaO4. The van der Waals surface area contributed by atoms with Crippen LogP contribution in [-0.4, -0.2) is 43.1 Å². The van der Waals surface area contributed by atoms with Crippen LogP contribution in [-0.2, 0) is 4.74 Å². The minimum atomic E-state index is -0.317. The van der Waals surface area contributed by atoms with Crippen molar-refractivity contribution in [3.8, 4) is 0 Å². The first kappa shape index (κ1) is 15.3. The molecule has 0 unspecified atom stereocenters. The van der Waals surface area contributed by atoms with Gasteiger partial charge in [0.25, 0.3) is 11.8 Å². The zero-order valence-electron chi connectivity index (χ0n) is 10.2. The van der Waals surface area contributed by atoms with Gasteiger partial charge in [-0.25, -0.2) is 0 Å². The molecule has 0 saturated heterocycles. The van der Waals surface area contributed by atoms with Gasteiger partial charge in [-0.05, 0) is 12.1 Å². The number of fused-ring (bicyclic) bond motifs is 1. The van der Waals surface area contributed by atoms with Crippen LogP contribution in [0.2, 0.25) is 0 Å². The Morgan fingerprint density at radius 3 is 2.11 bits per heavy atom. The van der Waals surface area contributed by atoms with E-state index in [0.717, 1.165) is 4.90 Å². The van der Waals surface area contributed by atoms with E-state index < -0.39 is 0 Å². The Balaban J connectivity index is 0.00000162. The van der Waals surface area contributed by atoms with E-state index in [2.05, 4.69) is 0 Å². The molecule has 1 aromatic carbocycles. The van der Waals surface area contributed by atoms with Crippen molar-refractivity contribution in [2.45, 2.75) is 0 Å². The average Bonchev–Trinajstić information content (AvgIpc) is 2.60. The minimum Gasteiger partial charge on any atom is -0.853 e. The van der Waals surface area contributed by atoms with E-state index in [1.807, 2.05) is 0 Å². The van der Waals surface area contributed by atoms with E-state index in [0.29, 0.717) is 11.1 Å². The molecule has 6 heteroatoms. The van der Waals surface area contributed by atoms with Gasteiger partial charge in [0.2, 0.25) is 0 Å². The van der Waals surface area contributed by atoms with Gasteiger partial charge in [0.15, 0.2) is 0 Å². The van der Waals surface area contributed by atoms with Gasteiger partial charge in [0, 0.05) is 6.61 Å².